The summed E-state index contributed by atoms with van der Waals surface area (Å²) >= 11 is 0. The SMILES string of the molecule is Cc1cc2cc(CC(C)C)cc3c2c(c1C)-c1c(c2cc([Si](C)(C)C)ccc2c[n+]1C)O3. The van der Waals surface area contributed by atoms with E-state index < -0.39 is 8.07 Å². The fourth-order valence-corrected chi connectivity index (χ4v) is 6.33. The van der Waals surface area contributed by atoms with Crippen molar-refractivity contribution in [2.24, 2.45) is 13.0 Å². The molecule has 0 radical (unpaired) electrons. The van der Waals surface area contributed by atoms with E-state index in [1.807, 2.05) is 0 Å². The van der Waals surface area contributed by atoms with Crippen LogP contribution in [0.1, 0.15) is 30.5 Å². The first-order chi connectivity index (χ1) is 15.0. The van der Waals surface area contributed by atoms with Gasteiger partial charge in [0.1, 0.15) is 12.8 Å². The average Bonchev–Trinajstić information content (AvgIpc) is 2.69. The predicted molar refractivity (Wildman–Crippen MR) is 139 cm³/mol. The van der Waals surface area contributed by atoms with Crippen molar-refractivity contribution in [1.29, 1.82) is 0 Å². The molecule has 4 aromatic rings. The topological polar surface area (TPSA) is 13.1 Å². The molecule has 0 fully saturated rings. The molecule has 1 aliphatic heterocycles. The van der Waals surface area contributed by atoms with Gasteiger partial charge in [0, 0.05) is 16.2 Å². The number of fused-ring (bicyclic) bond motifs is 4. The zero-order chi connectivity index (χ0) is 22.9. The largest absolute Gasteiger partial charge is 0.449 e. The molecule has 0 unspecified atom stereocenters. The Hall–Kier alpha value is -2.65. The molecule has 1 aromatic heterocycles. The molecule has 0 atom stereocenters. The molecule has 2 nitrogen and oxygen atoms in total. The second-order valence-electron chi connectivity index (χ2n) is 11.1. The third-order valence-electron chi connectivity index (χ3n) is 6.94. The van der Waals surface area contributed by atoms with Gasteiger partial charge in [-0.05, 0) is 60.4 Å². The van der Waals surface area contributed by atoms with Crippen LogP contribution in [0.3, 0.4) is 0 Å². The zero-order valence-corrected chi connectivity index (χ0v) is 21.7. The Balaban J connectivity index is 1.90. The number of aromatic nitrogens is 1. The summed E-state index contributed by atoms with van der Waals surface area (Å²) in [5.41, 5.74) is 6.56. The van der Waals surface area contributed by atoms with Crippen LogP contribution in [-0.2, 0) is 13.5 Å². The molecule has 0 saturated heterocycles. The van der Waals surface area contributed by atoms with Gasteiger partial charge < -0.3 is 4.74 Å². The van der Waals surface area contributed by atoms with E-state index in [2.05, 4.69) is 102 Å². The first-order valence-corrected chi connectivity index (χ1v) is 15.3. The van der Waals surface area contributed by atoms with Gasteiger partial charge in [0.25, 0.3) is 5.69 Å². The van der Waals surface area contributed by atoms with Crippen LogP contribution in [0.5, 0.6) is 11.5 Å². The number of ether oxygens (including phenoxy) is 1. The van der Waals surface area contributed by atoms with E-state index in [-0.39, 0.29) is 0 Å². The monoisotopic (exact) mass is 440 g/mol. The fourth-order valence-electron chi connectivity index (χ4n) is 5.17. The highest BCUT2D eigenvalue weighted by atomic mass is 28.3. The Morgan fingerprint density at radius 3 is 2.41 bits per heavy atom. The molecular weight excluding hydrogens is 406 g/mol. The lowest BCUT2D eigenvalue weighted by atomic mass is 9.88. The normalized spacial score (nSPS) is 13.0. The third kappa shape index (κ3) is 3.26. The van der Waals surface area contributed by atoms with E-state index in [1.165, 1.54) is 54.7 Å². The Bertz CT molecular complexity index is 1410. The molecule has 32 heavy (non-hydrogen) atoms. The Morgan fingerprint density at radius 2 is 1.72 bits per heavy atom. The quantitative estimate of drug-likeness (QED) is 0.218. The summed E-state index contributed by atoms with van der Waals surface area (Å²) in [4.78, 5) is 0. The summed E-state index contributed by atoms with van der Waals surface area (Å²) in [7, 11) is 0.713. The summed E-state index contributed by atoms with van der Waals surface area (Å²) in [5, 5.41) is 6.47. The first-order valence-electron chi connectivity index (χ1n) is 11.8. The van der Waals surface area contributed by atoms with Gasteiger partial charge in [-0.15, -0.1) is 0 Å². The maximum Gasteiger partial charge on any atom is 0.257 e. The molecule has 3 heteroatoms. The summed E-state index contributed by atoms with van der Waals surface area (Å²) in [6, 6.07) is 14.0. The van der Waals surface area contributed by atoms with Gasteiger partial charge in [-0.1, -0.05) is 62.9 Å². The van der Waals surface area contributed by atoms with E-state index in [0.717, 1.165) is 17.9 Å². The predicted octanol–water partition coefficient (Wildman–Crippen LogP) is 6.95. The minimum absolute atomic E-state index is 0.611. The second-order valence-corrected chi connectivity index (χ2v) is 16.1. The molecule has 2 heterocycles. The third-order valence-corrected chi connectivity index (χ3v) is 8.98. The number of hydrogen-bond donors (Lipinski definition) is 0. The molecule has 164 valence electrons. The van der Waals surface area contributed by atoms with Gasteiger partial charge in [-0.25, -0.2) is 0 Å². The summed E-state index contributed by atoms with van der Waals surface area (Å²) in [5.74, 6) is 2.63. The minimum atomic E-state index is -1.44. The molecular formula is C29H34NOSi+. The average molecular weight is 441 g/mol. The highest BCUT2D eigenvalue weighted by Gasteiger charge is 2.32. The van der Waals surface area contributed by atoms with E-state index in [1.54, 1.807) is 0 Å². The second kappa shape index (κ2) is 7.18. The van der Waals surface area contributed by atoms with Crippen LogP contribution >= 0.6 is 0 Å². The van der Waals surface area contributed by atoms with Gasteiger partial charge in [-0.3, -0.25) is 0 Å². The van der Waals surface area contributed by atoms with Crippen LogP contribution in [0.25, 0.3) is 32.8 Å². The van der Waals surface area contributed by atoms with E-state index in [4.69, 9.17) is 4.74 Å². The molecule has 0 saturated carbocycles. The Morgan fingerprint density at radius 1 is 0.969 bits per heavy atom. The molecule has 5 rings (SSSR count). The fraction of sp³-hybridized carbons (Fsp3) is 0.345. The molecule has 0 aliphatic carbocycles. The van der Waals surface area contributed by atoms with E-state index in [9.17, 15) is 0 Å². The van der Waals surface area contributed by atoms with Crippen molar-refractivity contribution in [3.05, 3.63) is 59.3 Å². The van der Waals surface area contributed by atoms with Gasteiger partial charge in [0.2, 0.25) is 5.75 Å². The van der Waals surface area contributed by atoms with Gasteiger partial charge in [-0.2, -0.15) is 4.57 Å². The Kier molecular flexibility index (Phi) is 4.76. The maximum atomic E-state index is 6.82. The van der Waals surface area contributed by atoms with Crippen molar-refractivity contribution in [2.45, 2.75) is 53.8 Å². The number of rotatable bonds is 3. The van der Waals surface area contributed by atoms with Gasteiger partial charge >= 0.3 is 0 Å². The van der Waals surface area contributed by atoms with Crippen LogP contribution in [0, 0.1) is 19.8 Å². The number of nitrogens with zero attached hydrogens (tertiary/aromatic N) is 1. The van der Waals surface area contributed by atoms with E-state index in [0.29, 0.717) is 5.92 Å². The summed E-state index contributed by atoms with van der Waals surface area (Å²) < 4.78 is 9.08. The van der Waals surface area contributed by atoms with Crippen molar-refractivity contribution in [3.8, 4) is 22.8 Å². The number of hydrogen-bond acceptors (Lipinski definition) is 1. The van der Waals surface area contributed by atoms with Crippen molar-refractivity contribution in [2.75, 3.05) is 0 Å². The molecule has 0 bridgehead atoms. The van der Waals surface area contributed by atoms with Gasteiger partial charge in [0.15, 0.2) is 6.20 Å². The van der Waals surface area contributed by atoms with Crippen LogP contribution in [0.2, 0.25) is 19.6 Å². The van der Waals surface area contributed by atoms with Gasteiger partial charge in [0.05, 0.1) is 13.6 Å². The van der Waals surface area contributed by atoms with Crippen molar-refractivity contribution in [3.63, 3.8) is 0 Å². The van der Waals surface area contributed by atoms with Crippen molar-refractivity contribution < 1.29 is 9.30 Å². The number of aryl methyl sites for hydroxylation is 2. The number of benzene rings is 3. The molecule has 0 N–H and O–H groups in total. The maximum absolute atomic E-state index is 6.82. The highest BCUT2D eigenvalue weighted by Crippen LogP contribution is 2.49. The van der Waals surface area contributed by atoms with Crippen LogP contribution in [-0.4, -0.2) is 8.07 Å². The molecule has 1 aliphatic rings. The summed E-state index contributed by atoms with van der Waals surface area (Å²) in [6.07, 6.45) is 3.32. The van der Waals surface area contributed by atoms with Crippen LogP contribution in [0.4, 0.5) is 0 Å². The highest BCUT2D eigenvalue weighted by molar-refractivity contribution is 6.88. The summed E-state index contributed by atoms with van der Waals surface area (Å²) in [6.45, 7) is 16.3. The zero-order valence-electron chi connectivity index (χ0n) is 20.7. The molecule has 3 aromatic carbocycles. The smallest absolute Gasteiger partial charge is 0.257 e. The van der Waals surface area contributed by atoms with Crippen molar-refractivity contribution >= 4 is 34.8 Å². The minimum Gasteiger partial charge on any atom is -0.449 e. The van der Waals surface area contributed by atoms with Crippen LogP contribution < -0.4 is 14.5 Å². The lowest BCUT2D eigenvalue weighted by Gasteiger charge is -2.24. The lowest BCUT2D eigenvalue weighted by Crippen LogP contribution is -2.38. The number of pyridine rings is 1. The van der Waals surface area contributed by atoms with Crippen LogP contribution in [0.15, 0.2) is 42.6 Å². The van der Waals surface area contributed by atoms with Crippen molar-refractivity contribution in [1.82, 2.24) is 0 Å². The molecule has 0 amide bonds. The lowest BCUT2D eigenvalue weighted by molar-refractivity contribution is -0.659. The molecule has 0 spiro atoms. The van der Waals surface area contributed by atoms with E-state index >= 15 is 0 Å². The standard InChI is InChI=1S/C29H34NOSi/c1-17(2)11-20-13-22-12-18(3)19(4)26-27(22)25(14-20)31-29-24-15-23(32(6,7)8)10-9-21(24)16-30(5)28(26)29/h9-10,12-17H,11H2,1-8H3/q+1. The Labute approximate surface area is 192 Å². The first kappa shape index (κ1) is 21.2.